The molecule has 0 amide bonds. The Kier molecular flexibility index (Phi) is 64.3. The Hall–Kier alpha value is -3.93. The minimum Gasteiger partial charge on any atom is -0.462 e. The highest BCUT2D eigenvalue weighted by atomic mass is 16.6. The molecule has 6 heteroatoms. The Morgan fingerprint density at radius 1 is 0.263 bits per heavy atom. The highest BCUT2D eigenvalue weighted by Gasteiger charge is 2.19. The number of hydrogen-bond donors (Lipinski definition) is 0. The second-order valence-electron chi connectivity index (χ2n) is 22.3. The van der Waals surface area contributed by atoms with Crippen molar-refractivity contribution in [3.05, 3.63) is 109 Å². The predicted octanol–water partition coefficient (Wildman–Crippen LogP) is 23.4. The van der Waals surface area contributed by atoms with Crippen LogP contribution in [0.5, 0.6) is 0 Å². The Morgan fingerprint density at radius 2 is 0.487 bits per heavy atom. The zero-order chi connectivity index (χ0) is 57.8. The zero-order valence-electron chi connectivity index (χ0n) is 52.6. The summed E-state index contributed by atoms with van der Waals surface area (Å²) in [5.74, 6) is -0.910. The summed E-state index contributed by atoms with van der Waals surface area (Å²) in [6.45, 7) is 6.43. The summed E-state index contributed by atoms with van der Waals surface area (Å²) in [5.41, 5.74) is 0. The number of rotatable bonds is 61. The number of ether oxygens (including phenoxy) is 3. The minimum atomic E-state index is -0.798. The van der Waals surface area contributed by atoms with E-state index < -0.39 is 6.10 Å². The molecular formula is C74H126O6. The number of allylic oxidation sites excluding steroid dienone is 18. The van der Waals surface area contributed by atoms with Gasteiger partial charge in [-0.15, -0.1) is 0 Å². The summed E-state index contributed by atoms with van der Waals surface area (Å²) < 4.78 is 17.0. The van der Waals surface area contributed by atoms with E-state index in [-0.39, 0.29) is 31.1 Å². The van der Waals surface area contributed by atoms with Crippen molar-refractivity contribution in [2.45, 2.75) is 329 Å². The van der Waals surface area contributed by atoms with E-state index in [9.17, 15) is 14.4 Å². The summed E-state index contributed by atoms with van der Waals surface area (Å²) >= 11 is 0. The topological polar surface area (TPSA) is 78.9 Å². The van der Waals surface area contributed by atoms with E-state index in [4.69, 9.17) is 14.2 Å². The average Bonchev–Trinajstić information content (AvgIpc) is 3.46. The monoisotopic (exact) mass is 1110 g/mol. The van der Waals surface area contributed by atoms with E-state index in [2.05, 4.69) is 130 Å². The predicted molar refractivity (Wildman–Crippen MR) is 348 cm³/mol. The SMILES string of the molecule is CC/C=C\C/C=C\C/C=C\C/C=C\C/C=C\CCCCCCCC(=O)OC(COC(=O)CCCCCCCC/C=C\C/C=C\C/C=C\C/C=C\CC)COC(=O)CCCCCCCCCCCCCCCCCCCCCCCC. The standard InChI is InChI=1S/C74H126O6/c1-4-7-10-13-16-19-22-25-28-31-34-36-38-40-43-46-49-52-55-58-61-64-67-73(76)79-70-71(69-78-72(75)66-63-60-57-54-51-48-45-42-39-33-30-27-24-21-18-15-12-9-6-3)80-74(77)68-65-62-59-56-53-50-47-44-41-37-35-32-29-26-23-20-17-14-11-8-5-2/h8-9,11-12,17-18,20-21,26-27,29-30,35,37,39,42,44,47,71H,4-7,10,13-16,19,22-25,28,31-34,36,38,40-41,43,45-46,48-70H2,1-3H3/b11-8-,12-9-,20-17-,21-18-,29-26-,30-27-,37-35-,42-39-,47-44-. The summed E-state index contributed by atoms with van der Waals surface area (Å²) in [6, 6.07) is 0. The van der Waals surface area contributed by atoms with Gasteiger partial charge in [-0.3, -0.25) is 14.4 Å². The van der Waals surface area contributed by atoms with Crippen LogP contribution in [0.15, 0.2) is 109 Å². The quantitative estimate of drug-likeness (QED) is 0.0261. The highest BCUT2D eigenvalue weighted by molar-refractivity contribution is 5.71. The fourth-order valence-electron chi connectivity index (χ4n) is 9.52. The molecule has 458 valence electrons. The second kappa shape index (κ2) is 67.6. The molecule has 0 aromatic rings. The Balaban J connectivity index is 4.43. The molecule has 0 saturated heterocycles. The molecule has 0 rings (SSSR count). The van der Waals surface area contributed by atoms with Crippen molar-refractivity contribution < 1.29 is 28.6 Å². The van der Waals surface area contributed by atoms with Crippen LogP contribution in [0, 0.1) is 0 Å². The molecule has 0 spiro atoms. The first kappa shape index (κ1) is 76.1. The van der Waals surface area contributed by atoms with Crippen LogP contribution >= 0.6 is 0 Å². The van der Waals surface area contributed by atoms with Crippen molar-refractivity contribution in [2.24, 2.45) is 0 Å². The van der Waals surface area contributed by atoms with Gasteiger partial charge in [0.2, 0.25) is 0 Å². The van der Waals surface area contributed by atoms with Crippen LogP contribution in [-0.4, -0.2) is 37.2 Å². The van der Waals surface area contributed by atoms with E-state index >= 15 is 0 Å². The van der Waals surface area contributed by atoms with Crippen LogP contribution in [0.4, 0.5) is 0 Å². The molecular weight excluding hydrogens is 985 g/mol. The summed E-state index contributed by atoms with van der Waals surface area (Å²) in [6.07, 6.45) is 92.4. The van der Waals surface area contributed by atoms with Crippen molar-refractivity contribution in [3.63, 3.8) is 0 Å². The number of carbonyl (C=O) groups excluding carboxylic acids is 3. The van der Waals surface area contributed by atoms with Crippen LogP contribution in [0.3, 0.4) is 0 Å². The molecule has 0 radical (unpaired) electrons. The van der Waals surface area contributed by atoms with Gasteiger partial charge in [0.15, 0.2) is 6.10 Å². The maximum absolute atomic E-state index is 12.9. The highest BCUT2D eigenvalue weighted by Crippen LogP contribution is 2.17. The van der Waals surface area contributed by atoms with Gasteiger partial charge in [-0.25, -0.2) is 0 Å². The van der Waals surface area contributed by atoms with Crippen LogP contribution in [0.1, 0.15) is 323 Å². The Labute approximate surface area is 495 Å². The maximum atomic E-state index is 12.9. The lowest BCUT2D eigenvalue weighted by atomic mass is 10.0. The number of unbranched alkanes of at least 4 members (excludes halogenated alkanes) is 32. The Bertz CT molecular complexity index is 1610. The maximum Gasteiger partial charge on any atom is 0.306 e. The first-order valence-electron chi connectivity index (χ1n) is 33.9. The van der Waals surface area contributed by atoms with E-state index in [1.807, 2.05) is 0 Å². The third-order valence-electron chi connectivity index (χ3n) is 14.5. The first-order chi connectivity index (χ1) is 39.5. The average molecular weight is 1110 g/mol. The fourth-order valence-corrected chi connectivity index (χ4v) is 9.52. The van der Waals surface area contributed by atoms with Crippen molar-refractivity contribution >= 4 is 17.9 Å². The van der Waals surface area contributed by atoms with Crippen LogP contribution < -0.4 is 0 Å². The molecule has 0 saturated carbocycles. The second-order valence-corrected chi connectivity index (χ2v) is 22.3. The van der Waals surface area contributed by atoms with Crippen molar-refractivity contribution in [1.29, 1.82) is 0 Å². The Morgan fingerprint density at radius 3 is 0.762 bits per heavy atom. The first-order valence-corrected chi connectivity index (χ1v) is 33.9. The normalized spacial score (nSPS) is 12.8. The third-order valence-corrected chi connectivity index (χ3v) is 14.5. The lowest BCUT2D eigenvalue weighted by Gasteiger charge is -2.18. The number of carbonyl (C=O) groups is 3. The van der Waals surface area contributed by atoms with Gasteiger partial charge in [0.1, 0.15) is 13.2 Å². The molecule has 1 unspecified atom stereocenters. The van der Waals surface area contributed by atoms with Gasteiger partial charge in [0.05, 0.1) is 0 Å². The van der Waals surface area contributed by atoms with Gasteiger partial charge in [0.25, 0.3) is 0 Å². The van der Waals surface area contributed by atoms with Gasteiger partial charge in [-0.1, -0.05) is 310 Å². The molecule has 0 aromatic heterocycles. The van der Waals surface area contributed by atoms with Gasteiger partial charge in [-0.05, 0) is 103 Å². The molecule has 0 N–H and O–H groups in total. The van der Waals surface area contributed by atoms with E-state index in [1.165, 1.54) is 135 Å². The lowest BCUT2D eigenvalue weighted by molar-refractivity contribution is -0.167. The molecule has 0 aliphatic carbocycles. The van der Waals surface area contributed by atoms with Crippen molar-refractivity contribution in [3.8, 4) is 0 Å². The zero-order valence-corrected chi connectivity index (χ0v) is 52.6. The molecule has 0 aliphatic heterocycles. The van der Waals surface area contributed by atoms with Crippen molar-refractivity contribution in [2.75, 3.05) is 13.2 Å². The third kappa shape index (κ3) is 64.9. The van der Waals surface area contributed by atoms with Gasteiger partial charge in [0, 0.05) is 19.3 Å². The van der Waals surface area contributed by atoms with E-state index in [1.54, 1.807) is 0 Å². The van der Waals surface area contributed by atoms with Gasteiger partial charge < -0.3 is 14.2 Å². The minimum absolute atomic E-state index is 0.0894. The van der Waals surface area contributed by atoms with Gasteiger partial charge >= 0.3 is 17.9 Å². The van der Waals surface area contributed by atoms with Crippen molar-refractivity contribution in [1.82, 2.24) is 0 Å². The van der Waals surface area contributed by atoms with E-state index in [0.29, 0.717) is 19.3 Å². The fraction of sp³-hybridized carbons (Fsp3) is 0.716. The summed E-state index contributed by atoms with van der Waals surface area (Å²) in [5, 5.41) is 0. The summed E-state index contributed by atoms with van der Waals surface area (Å²) in [4.78, 5) is 38.4. The molecule has 80 heavy (non-hydrogen) atoms. The molecule has 1 atom stereocenters. The molecule has 0 bridgehead atoms. The summed E-state index contributed by atoms with van der Waals surface area (Å²) in [7, 11) is 0. The van der Waals surface area contributed by atoms with E-state index in [0.717, 1.165) is 148 Å². The molecule has 0 aliphatic rings. The number of esters is 3. The number of hydrogen-bond acceptors (Lipinski definition) is 6. The molecule has 0 heterocycles. The van der Waals surface area contributed by atoms with Crippen LogP contribution in [-0.2, 0) is 28.6 Å². The van der Waals surface area contributed by atoms with Crippen LogP contribution in [0.2, 0.25) is 0 Å². The molecule has 0 aromatic carbocycles. The molecule has 0 fully saturated rings. The largest absolute Gasteiger partial charge is 0.462 e. The van der Waals surface area contributed by atoms with Gasteiger partial charge in [-0.2, -0.15) is 0 Å². The molecule has 6 nitrogen and oxygen atoms in total. The smallest absolute Gasteiger partial charge is 0.306 e. The van der Waals surface area contributed by atoms with Crippen LogP contribution in [0.25, 0.3) is 0 Å². The lowest BCUT2D eigenvalue weighted by Crippen LogP contribution is -2.30.